The minimum atomic E-state index is -0.251. The Balaban J connectivity index is 1.45. The van der Waals surface area contributed by atoms with Crippen molar-refractivity contribution in [3.63, 3.8) is 0 Å². The number of aryl methyl sites for hydroxylation is 1. The molecule has 0 fully saturated rings. The molecule has 29 heavy (non-hydrogen) atoms. The molecule has 1 amide bonds. The van der Waals surface area contributed by atoms with Crippen molar-refractivity contribution >= 4 is 40.0 Å². The number of oxazole rings is 1. The van der Waals surface area contributed by atoms with E-state index in [1.165, 1.54) is 5.56 Å². The number of aromatic nitrogens is 1. The molecule has 0 unspecified atom stereocenters. The Labute approximate surface area is 173 Å². The first kappa shape index (κ1) is 18.8. The standard InChI is InChI=1S/C23H19N3O2S/c1-2-15-8-10-16(11-9-15)21(27)26-23(29)24-18-12-13-20-19(14-18)25-22(28-20)17-6-4-3-5-7-17/h3-14H,2H2,1H3,(H2,24,26,27,29). The van der Waals surface area contributed by atoms with Crippen LogP contribution in [0.2, 0.25) is 0 Å². The van der Waals surface area contributed by atoms with Crippen LogP contribution >= 0.6 is 12.2 Å². The van der Waals surface area contributed by atoms with Crippen molar-refractivity contribution in [3.8, 4) is 11.5 Å². The summed E-state index contributed by atoms with van der Waals surface area (Å²) in [5.41, 5.74) is 4.76. The first-order valence-corrected chi connectivity index (χ1v) is 9.70. The van der Waals surface area contributed by atoms with Crippen LogP contribution < -0.4 is 10.6 Å². The summed E-state index contributed by atoms with van der Waals surface area (Å²) >= 11 is 5.28. The van der Waals surface area contributed by atoms with E-state index < -0.39 is 0 Å². The molecule has 3 aromatic carbocycles. The van der Waals surface area contributed by atoms with Gasteiger partial charge in [-0.3, -0.25) is 10.1 Å². The fourth-order valence-corrected chi connectivity index (χ4v) is 3.15. The number of rotatable bonds is 4. The molecular formula is C23H19N3O2S. The molecule has 0 bridgehead atoms. The summed E-state index contributed by atoms with van der Waals surface area (Å²) in [5.74, 6) is 0.309. The summed E-state index contributed by atoms with van der Waals surface area (Å²) in [7, 11) is 0. The van der Waals surface area contributed by atoms with E-state index in [1.807, 2.05) is 60.7 Å². The summed E-state index contributed by atoms with van der Waals surface area (Å²) in [6, 6.07) is 22.7. The second-order valence-corrected chi connectivity index (χ2v) is 6.93. The van der Waals surface area contributed by atoms with E-state index in [9.17, 15) is 4.79 Å². The van der Waals surface area contributed by atoms with Gasteiger partial charge in [0.15, 0.2) is 10.7 Å². The monoisotopic (exact) mass is 401 g/mol. The van der Waals surface area contributed by atoms with Gasteiger partial charge >= 0.3 is 0 Å². The average Bonchev–Trinajstić information content (AvgIpc) is 3.18. The van der Waals surface area contributed by atoms with E-state index in [4.69, 9.17) is 16.6 Å². The summed E-state index contributed by atoms with van der Waals surface area (Å²) in [4.78, 5) is 16.9. The van der Waals surface area contributed by atoms with Gasteiger partial charge in [0.2, 0.25) is 5.89 Å². The molecule has 0 saturated heterocycles. The van der Waals surface area contributed by atoms with Crippen molar-refractivity contribution in [2.24, 2.45) is 0 Å². The van der Waals surface area contributed by atoms with Gasteiger partial charge in [-0.1, -0.05) is 37.3 Å². The Bertz CT molecular complexity index is 1170. The smallest absolute Gasteiger partial charge is 0.257 e. The van der Waals surface area contributed by atoms with Crippen LogP contribution in [0.1, 0.15) is 22.8 Å². The van der Waals surface area contributed by atoms with Crippen molar-refractivity contribution in [3.05, 3.63) is 83.9 Å². The number of hydrogen-bond acceptors (Lipinski definition) is 4. The SMILES string of the molecule is CCc1ccc(C(=O)NC(=S)Nc2ccc3oc(-c4ccccc4)nc3c2)cc1. The molecule has 5 nitrogen and oxygen atoms in total. The fourth-order valence-electron chi connectivity index (χ4n) is 2.94. The molecular weight excluding hydrogens is 382 g/mol. The maximum atomic E-state index is 12.4. The normalized spacial score (nSPS) is 10.7. The third-order valence-corrected chi connectivity index (χ3v) is 4.72. The number of thiocarbonyl (C=S) groups is 1. The molecule has 0 saturated carbocycles. The quantitative estimate of drug-likeness (QED) is 0.461. The van der Waals surface area contributed by atoms with Gasteiger partial charge in [-0.2, -0.15) is 0 Å². The first-order chi connectivity index (χ1) is 14.1. The second kappa shape index (κ2) is 8.24. The van der Waals surface area contributed by atoms with Gasteiger partial charge < -0.3 is 9.73 Å². The summed E-state index contributed by atoms with van der Waals surface area (Å²) < 4.78 is 5.81. The average molecular weight is 401 g/mol. The van der Waals surface area contributed by atoms with Gasteiger partial charge in [0.25, 0.3) is 5.91 Å². The minimum Gasteiger partial charge on any atom is -0.436 e. The van der Waals surface area contributed by atoms with Crippen LogP contribution in [0.4, 0.5) is 5.69 Å². The van der Waals surface area contributed by atoms with Crippen LogP contribution in [0.15, 0.2) is 77.2 Å². The topological polar surface area (TPSA) is 67.2 Å². The highest BCUT2D eigenvalue weighted by atomic mass is 32.1. The number of nitrogens with one attached hydrogen (secondary N) is 2. The molecule has 0 atom stereocenters. The maximum absolute atomic E-state index is 12.4. The first-order valence-electron chi connectivity index (χ1n) is 9.29. The van der Waals surface area contributed by atoms with Gasteiger partial charge in [0.1, 0.15) is 5.52 Å². The lowest BCUT2D eigenvalue weighted by Gasteiger charge is -2.09. The molecule has 4 rings (SSSR count). The lowest BCUT2D eigenvalue weighted by Crippen LogP contribution is -2.34. The van der Waals surface area contributed by atoms with E-state index in [0.717, 1.165) is 17.7 Å². The number of nitrogens with zero attached hydrogens (tertiary/aromatic N) is 1. The molecule has 0 radical (unpaired) electrons. The predicted molar refractivity (Wildman–Crippen MR) is 119 cm³/mol. The van der Waals surface area contributed by atoms with Gasteiger partial charge in [-0.05, 0) is 66.7 Å². The van der Waals surface area contributed by atoms with Gasteiger partial charge in [0, 0.05) is 16.8 Å². The number of carbonyl (C=O) groups is 1. The van der Waals surface area contributed by atoms with Crippen LogP contribution in [0.25, 0.3) is 22.6 Å². The third-order valence-electron chi connectivity index (χ3n) is 4.52. The number of hydrogen-bond donors (Lipinski definition) is 2. The molecule has 0 aliphatic rings. The number of amides is 1. The highest BCUT2D eigenvalue weighted by molar-refractivity contribution is 7.80. The predicted octanol–water partition coefficient (Wildman–Crippen LogP) is 5.18. The lowest BCUT2D eigenvalue weighted by atomic mass is 10.1. The van der Waals surface area contributed by atoms with Gasteiger partial charge in [-0.15, -0.1) is 0 Å². The number of anilines is 1. The highest BCUT2D eigenvalue weighted by Gasteiger charge is 2.11. The Morgan fingerprint density at radius 3 is 2.52 bits per heavy atom. The Kier molecular flexibility index (Phi) is 5.35. The molecule has 1 aromatic heterocycles. The maximum Gasteiger partial charge on any atom is 0.257 e. The Hall–Kier alpha value is -3.51. The zero-order valence-electron chi connectivity index (χ0n) is 15.8. The van der Waals surface area contributed by atoms with Crippen molar-refractivity contribution in [1.29, 1.82) is 0 Å². The summed E-state index contributed by atoms with van der Waals surface area (Å²) in [6.07, 6.45) is 0.929. The van der Waals surface area contributed by atoms with Crippen molar-refractivity contribution in [2.75, 3.05) is 5.32 Å². The summed E-state index contributed by atoms with van der Waals surface area (Å²) in [5, 5.41) is 5.95. The van der Waals surface area contributed by atoms with Gasteiger partial charge in [0.05, 0.1) is 0 Å². The summed E-state index contributed by atoms with van der Waals surface area (Å²) in [6.45, 7) is 2.07. The van der Waals surface area contributed by atoms with Gasteiger partial charge in [-0.25, -0.2) is 4.98 Å². The zero-order valence-corrected chi connectivity index (χ0v) is 16.6. The Morgan fingerprint density at radius 2 is 1.79 bits per heavy atom. The van der Waals surface area contributed by atoms with Crippen LogP contribution in [-0.4, -0.2) is 16.0 Å². The fraction of sp³-hybridized carbons (Fsp3) is 0.0870. The van der Waals surface area contributed by atoms with E-state index >= 15 is 0 Å². The van der Waals surface area contributed by atoms with Crippen molar-refractivity contribution in [1.82, 2.24) is 10.3 Å². The van der Waals surface area contributed by atoms with E-state index in [2.05, 4.69) is 22.5 Å². The minimum absolute atomic E-state index is 0.223. The molecule has 0 spiro atoms. The third kappa shape index (κ3) is 4.33. The van der Waals surface area contributed by atoms with Crippen molar-refractivity contribution < 1.29 is 9.21 Å². The highest BCUT2D eigenvalue weighted by Crippen LogP contribution is 2.26. The van der Waals surface area contributed by atoms with E-state index in [-0.39, 0.29) is 11.0 Å². The molecule has 0 aliphatic carbocycles. The number of carbonyl (C=O) groups excluding carboxylic acids is 1. The lowest BCUT2D eigenvalue weighted by molar-refractivity contribution is 0.0977. The molecule has 0 aliphatic heterocycles. The Morgan fingerprint density at radius 1 is 1.03 bits per heavy atom. The number of fused-ring (bicyclic) bond motifs is 1. The molecule has 2 N–H and O–H groups in total. The van der Waals surface area contributed by atoms with Crippen LogP contribution in [0.3, 0.4) is 0 Å². The van der Waals surface area contributed by atoms with Crippen LogP contribution in [0.5, 0.6) is 0 Å². The van der Waals surface area contributed by atoms with Crippen LogP contribution in [0, 0.1) is 0 Å². The molecule has 144 valence electrons. The molecule has 4 aromatic rings. The second-order valence-electron chi connectivity index (χ2n) is 6.53. The molecule has 6 heteroatoms. The van der Waals surface area contributed by atoms with E-state index in [0.29, 0.717) is 22.6 Å². The van der Waals surface area contributed by atoms with Crippen LogP contribution in [-0.2, 0) is 6.42 Å². The number of benzene rings is 3. The molecule has 1 heterocycles. The zero-order chi connectivity index (χ0) is 20.2. The van der Waals surface area contributed by atoms with Crippen molar-refractivity contribution in [2.45, 2.75) is 13.3 Å². The van der Waals surface area contributed by atoms with E-state index in [1.54, 1.807) is 12.1 Å². The largest absolute Gasteiger partial charge is 0.436 e.